The third kappa shape index (κ3) is 0.570. The van der Waals surface area contributed by atoms with Crippen LogP contribution in [-0.4, -0.2) is 0 Å². The van der Waals surface area contributed by atoms with Gasteiger partial charge in [-0.3, -0.25) is 0 Å². The normalized spacial score (nSPS) is 17.2. The maximum atomic E-state index is 13.1. The van der Waals surface area contributed by atoms with Crippen LogP contribution in [0.5, 0.6) is 0 Å². The van der Waals surface area contributed by atoms with Gasteiger partial charge in [0.25, 0.3) is 0 Å². The van der Waals surface area contributed by atoms with E-state index in [1.165, 1.54) is 0 Å². The summed E-state index contributed by atoms with van der Waals surface area (Å²) < 4.78 is 30.7. The number of benzene rings is 1. The van der Waals surface area contributed by atoms with Crippen molar-refractivity contribution in [2.45, 2.75) is 6.42 Å². The predicted molar refractivity (Wildman–Crippen MR) is 38.1 cm³/mol. The summed E-state index contributed by atoms with van der Waals surface area (Å²) in [5.41, 5.74) is 1.15. The maximum absolute atomic E-state index is 13.1. The van der Waals surface area contributed by atoms with E-state index in [0.717, 1.165) is 17.4 Å². The largest absolute Gasteiger partial charge is 0.453 e. The molecule has 60 valence electrons. The van der Waals surface area contributed by atoms with Crippen LogP contribution < -0.4 is 0 Å². The van der Waals surface area contributed by atoms with Crippen molar-refractivity contribution in [1.82, 2.24) is 0 Å². The Balaban J connectivity index is 2.32. The SMILES string of the molecule is Fc1ccc2c(c1F)C1=C(C2)O1. The van der Waals surface area contributed by atoms with Crippen molar-refractivity contribution in [2.24, 2.45) is 0 Å². The van der Waals surface area contributed by atoms with E-state index in [-0.39, 0.29) is 0 Å². The molecule has 1 aliphatic heterocycles. The van der Waals surface area contributed by atoms with E-state index in [1.807, 2.05) is 0 Å². The second kappa shape index (κ2) is 1.68. The van der Waals surface area contributed by atoms with Gasteiger partial charge in [-0.1, -0.05) is 6.07 Å². The molecule has 1 aliphatic carbocycles. The fraction of sp³-hybridized carbons (Fsp3) is 0.111. The first kappa shape index (κ1) is 6.17. The van der Waals surface area contributed by atoms with Gasteiger partial charge in [-0.05, 0) is 11.6 Å². The summed E-state index contributed by atoms with van der Waals surface area (Å²) >= 11 is 0. The highest BCUT2D eigenvalue weighted by Crippen LogP contribution is 2.47. The van der Waals surface area contributed by atoms with Gasteiger partial charge in [-0.25, -0.2) is 8.78 Å². The average Bonchev–Trinajstić information content (AvgIpc) is 2.71. The van der Waals surface area contributed by atoms with Crippen LogP contribution in [0.15, 0.2) is 17.9 Å². The Morgan fingerprint density at radius 3 is 2.92 bits per heavy atom. The molecule has 0 bridgehead atoms. The lowest BCUT2D eigenvalue weighted by atomic mass is 10.1. The number of ether oxygens (including phenoxy) is 1. The molecule has 0 saturated carbocycles. The minimum absolute atomic E-state index is 0.324. The molecule has 1 aromatic rings. The van der Waals surface area contributed by atoms with Gasteiger partial charge >= 0.3 is 0 Å². The first-order valence-corrected chi connectivity index (χ1v) is 3.65. The Morgan fingerprint density at radius 1 is 1.25 bits per heavy atom. The van der Waals surface area contributed by atoms with E-state index in [9.17, 15) is 8.78 Å². The van der Waals surface area contributed by atoms with Crippen molar-refractivity contribution in [2.75, 3.05) is 0 Å². The van der Waals surface area contributed by atoms with Crippen LogP contribution in [-0.2, 0) is 11.2 Å². The second-order valence-electron chi connectivity index (χ2n) is 2.93. The van der Waals surface area contributed by atoms with Gasteiger partial charge in [0, 0.05) is 6.42 Å². The Kier molecular flexibility index (Phi) is 0.865. The van der Waals surface area contributed by atoms with Crippen LogP contribution in [0.4, 0.5) is 8.78 Å². The van der Waals surface area contributed by atoms with Gasteiger partial charge < -0.3 is 4.74 Å². The number of fused-ring (bicyclic) bond motifs is 2. The van der Waals surface area contributed by atoms with E-state index in [4.69, 9.17) is 4.74 Å². The zero-order valence-corrected chi connectivity index (χ0v) is 6.03. The molecular formula is C9H4F2O. The van der Waals surface area contributed by atoms with Crippen LogP contribution in [0.25, 0.3) is 5.76 Å². The van der Waals surface area contributed by atoms with Crippen LogP contribution in [0, 0.1) is 11.6 Å². The highest BCUT2D eigenvalue weighted by Gasteiger charge is 2.38. The van der Waals surface area contributed by atoms with Crippen molar-refractivity contribution in [3.8, 4) is 0 Å². The molecule has 1 heterocycles. The highest BCUT2D eigenvalue weighted by molar-refractivity contribution is 5.79. The van der Waals surface area contributed by atoms with Crippen molar-refractivity contribution in [3.63, 3.8) is 0 Å². The minimum Gasteiger partial charge on any atom is -0.453 e. The monoisotopic (exact) mass is 166 g/mol. The average molecular weight is 166 g/mol. The molecule has 0 N–H and O–H groups in total. The van der Waals surface area contributed by atoms with Crippen LogP contribution in [0.2, 0.25) is 0 Å². The first-order chi connectivity index (χ1) is 5.77. The number of hydrogen-bond acceptors (Lipinski definition) is 1. The molecule has 0 atom stereocenters. The lowest BCUT2D eigenvalue weighted by molar-refractivity contribution is 0.473. The third-order valence-electron chi connectivity index (χ3n) is 2.20. The summed E-state index contributed by atoms with van der Waals surface area (Å²) in [5.74, 6) is -0.260. The van der Waals surface area contributed by atoms with Gasteiger partial charge in [-0.15, -0.1) is 0 Å². The summed E-state index contributed by atoms with van der Waals surface area (Å²) in [6.07, 6.45) is 0.613. The summed E-state index contributed by atoms with van der Waals surface area (Å²) in [6.45, 7) is 0. The smallest absolute Gasteiger partial charge is 0.176 e. The van der Waals surface area contributed by atoms with E-state index < -0.39 is 11.6 Å². The molecule has 3 rings (SSSR count). The van der Waals surface area contributed by atoms with E-state index in [1.54, 1.807) is 6.07 Å². The summed E-state index contributed by atoms with van der Waals surface area (Å²) in [4.78, 5) is 0. The van der Waals surface area contributed by atoms with Gasteiger partial charge in [0.2, 0.25) is 0 Å². The fourth-order valence-corrected chi connectivity index (χ4v) is 1.56. The Labute approximate surface area is 67.3 Å². The number of halogens is 2. The molecule has 0 aromatic heterocycles. The predicted octanol–water partition coefficient (Wildman–Crippen LogP) is 2.22. The number of allylic oxidation sites excluding steroid dienone is 1. The van der Waals surface area contributed by atoms with Crippen molar-refractivity contribution in [1.29, 1.82) is 0 Å². The zero-order valence-electron chi connectivity index (χ0n) is 6.03. The van der Waals surface area contributed by atoms with Gasteiger partial charge in [0.1, 0.15) is 0 Å². The fourth-order valence-electron chi connectivity index (χ4n) is 1.56. The van der Waals surface area contributed by atoms with Gasteiger partial charge in [0.15, 0.2) is 23.2 Å². The molecule has 2 aliphatic rings. The molecule has 0 fully saturated rings. The molecule has 0 radical (unpaired) electrons. The second-order valence-corrected chi connectivity index (χ2v) is 2.93. The molecular weight excluding hydrogens is 162 g/mol. The van der Waals surface area contributed by atoms with E-state index in [0.29, 0.717) is 17.7 Å². The number of hydrogen-bond donors (Lipinski definition) is 0. The molecule has 3 heteroatoms. The molecule has 0 spiro atoms. The first-order valence-electron chi connectivity index (χ1n) is 3.65. The zero-order chi connectivity index (χ0) is 8.29. The standard InChI is InChI=1S/C9H4F2O/c10-5-2-1-4-3-6-9(12-6)7(4)8(5)11/h1-2H,3H2. The molecule has 0 amide bonds. The van der Waals surface area contributed by atoms with Crippen molar-refractivity contribution >= 4 is 5.76 Å². The number of rotatable bonds is 0. The molecule has 12 heavy (non-hydrogen) atoms. The molecule has 0 unspecified atom stereocenters. The Bertz CT molecular complexity index is 421. The third-order valence-corrected chi connectivity index (χ3v) is 2.20. The summed E-state index contributed by atoms with van der Waals surface area (Å²) in [7, 11) is 0. The van der Waals surface area contributed by atoms with Crippen molar-refractivity contribution in [3.05, 3.63) is 40.7 Å². The van der Waals surface area contributed by atoms with Crippen LogP contribution in [0.3, 0.4) is 0 Å². The van der Waals surface area contributed by atoms with Gasteiger partial charge in [0.05, 0.1) is 5.56 Å². The summed E-state index contributed by atoms with van der Waals surface area (Å²) in [6, 6.07) is 2.75. The van der Waals surface area contributed by atoms with Gasteiger partial charge in [-0.2, -0.15) is 0 Å². The Morgan fingerprint density at radius 2 is 2.08 bits per heavy atom. The van der Waals surface area contributed by atoms with E-state index in [2.05, 4.69) is 0 Å². The lowest BCUT2D eigenvalue weighted by Crippen LogP contribution is -1.95. The lowest BCUT2D eigenvalue weighted by Gasteiger charge is -2.03. The highest BCUT2D eigenvalue weighted by atomic mass is 19.2. The van der Waals surface area contributed by atoms with Crippen LogP contribution >= 0.6 is 0 Å². The topological polar surface area (TPSA) is 12.5 Å². The molecule has 0 saturated heterocycles. The molecule has 1 aromatic carbocycles. The molecule has 1 nitrogen and oxygen atoms in total. The summed E-state index contributed by atoms with van der Waals surface area (Å²) in [5, 5.41) is 0. The maximum Gasteiger partial charge on any atom is 0.176 e. The van der Waals surface area contributed by atoms with E-state index >= 15 is 0 Å². The van der Waals surface area contributed by atoms with Crippen molar-refractivity contribution < 1.29 is 13.5 Å². The Hall–Kier alpha value is -1.38. The van der Waals surface area contributed by atoms with Crippen LogP contribution in [0.1, 0.15) is 11.1 Å². The quantitative estimate of drug-likeness (QED) is 0.575. The minimum atomic E-state index is -0.807.